The summed E-state index contributed by atoms with van der Waals surface area (Å²) in [4.78, 5) is 18.4. The molecule has 2 fully saturated rings. The summed E-state index contributed by atoms with van der Waals surface area (Å²) in [5.41, 5.74) is 0.225. The quantitative estimate of drug-likeness (QED) is 0.841. The highest BCUT2D eigenvalue weighted by Crippen LogP contribution is 2.28. The van der Waals surface area contributed by atoms with Gasteiger partial charge >= 0.3 is 0 Å². The number of nitrogens with one attached hydrogen (secondary N) is 1. The van der Waals surface area contributed by atoms with E-state index in [1.165, 1.54) is 0 Å². The summed E-state index contributed by atoms with van der Waals surface area (Å²) < 4.78 is 0. The van der Waals surface area contributed by atoms with Crippen molar-refractivity contribution in [3.63, 3.8) is 0 Å². The van der Waals surface area contributed by atoms with Gasteiger partial charge in [-0.15, -0.1) is 0 Å². The molecule has 0 aromatic carbocycles. The second-order valence-corrected chi connectivity index (χ2v) is 6.39. The molecule has 2 heterocycles. The highest BCUT2D eigenvalue weighted by atomic mass is 32.2. The van der Waals surface area contributed by atoms with Crippen LogP contribution in [0.15, 0.2) is 4.99 Å². The number of hydrogen-bond donors (Lipinski definition) is 1. The second-order valence-electron chi connectivity index (χ2n) is 5.43. The number of carbonyl (C=O) groups is 1. The van der Waals surface area contributed by atoms with Crippen molar-refractivity contribution in [3.05, 3.63) is 0 Å². The highest BCUT2D eigenvalue weighted by Gasteiger charge is 2.33. The normalized spacial score (nSPS) is 23.9. The molecule has 0 unspecified atom stereocenters. The maximum atomic E-state index is 11.9. The first kappa shape index (κ1) is 14.7. The lowest BCUT2D eigenvalue weighted by atomic mass is 9.96. The number of amides is 1. The van der Waals surface area contributed by atoms with E-state index in [9.17, 15) is 4.79 Å². The van der Waals surface area contributed by atoms with Crippen LogP contribution in [0.2, 0.25) is 0 Å². The summed E-state index contributed by atoms with van der Waals surface area (Å²) >= 11 is 1.80. The minimum atomic E-state index is 0.225. The average molecular weight is 283 g/mol. The zero-order valence-electron chi connectivity index (χ0n) is 12.1. The number of thioether (sulfide) groups is 1. The van der Waals surface area contributed by atoms with E-state index < -0.39 is 0 Å². The number of nitrogens with zero attached hydrogens (tertiary/aromatic N) is 2. The monoisotopic (exact) mass is 283 g/mol. The lowest BCUT2D eigenvalue weighted by Gasteiger charge is -2.25. The van der Waals surface area contributed by atoms with Crippen LogP contribution in [0, 0.1) is 0 Å². The van der Waals surface area contributed by atoms with Gasteiger partial charge in [-0.3, -0.25) is 9.79 Å². The van der Waals surface area contributed by atoms with E-state index >= 15 is 0 Å². The largest absolute Gasteiger partial charge is 0.359 e. The van der Waals surface area contributed by atoms with Crippen molar-refractivity contribution in [1.29, 1.82) is 0 Å². The number of carbonyl (C=O) groups excluding carboxylic acids is 1. The maximum Gasteiger partial charge on any atom is 0.224 e. The summed E-state index contributed by atoms with van der Waals surface area (Å²) in [5, 5.41) is 4.56. The topological polar surface area (TPSA) is 44.7 Å². The van der Waals surface area contributed by atoms with E-state index in [1.807, 2.05) is 4.90 Å². The first-order chi connectivity index (χ1) is 9.19. The molecule has 4 nitrogen and oxygen atoms in total. The molecule has 0 aromatic rings. The number of likely N-dealkylation sites (tertiary alicyclic amines) is 1. The first-order valence-corrected chi connectivity index (χ1v) is 8.41. The summed E-state index contributed by atoms with van der Waals surface area (Å²) in [6.07, 6.45) is 5.13. The van der Waals surface area contributed by atoms with E-state index in [-0.39, 0.29) is 11.4 Å². The molecule has 0 spiro atoms. The van der Waals surface area contributed by atoms with Crippen molar-refractivity contribution in [3.8, 4) is 0 Å². The van der Waals surface area contributed by atoms with E-state index in [1.54, 1.807) is 11.8 Å². The summed E-state index contributed by atoms with van der Waals surface area (Å²) in [7, 11) is 0. The molecule has 0 atom stereocenters. The van der Waals surface area contributed by atoms with Crippen molar-refractivity contribution in [1.82, 2.24) is 10.2 Å². The van der Waals surface area contributed by atoms with E-state index in [0.717, 1.165) is 49.7 Å². The molecular formula is C14H25N3OS. The van der Waals surface area contributed by atoms with Crippen molar-refractivity contribution in [2.45, 2.75) is 51.5 Å². The third kappa shape index (κ3) is 3.65. The molecule has 2 saturated heterocycles. The van der Waals surface area contributed by atoms with Gasteiger partial charge in [0.2, 0.25) is 5.91 Å². The molecule has 0 aromatic heterocycles. The molecule has 19 heavy (non-hydrogen) atoms. The SMILES string of the molecule is CCC1(CC)CSC(=NCCC(=O)N2CCCC2)N1. The Kier molecular flexibility index (Phi) is 5.13. The fourth-order valence-corrected chi connectivity index (χ4v) is 3.96. The highest BCUT2D eigenvalue weighted by molar-refractivity contribution is 8.14. The fraction of sp³-hybridized carbons (Fsp3) is 0.857. The Morgan fingerprint density at radius 1 is 1.37 bits per heavy atom. The Labute approximate surface area is 120 Å². The fourth-order valence-electron chi connectivity index (χ4n) is 2.60. The number of amidine groups is 1. The van der Waals surface area contributed by atoms with Gasteiger partial charge in [-0.05, 0) is 25.7 Å². The summed E-state index contributed by atoms with van der Waals surface area (Å²) in [6, 6.07) is 0. The van der Waals surface area contributed by atoms with Gasteiger partial charge in [0.05, 0.1) is 6.54 Å². The molecule has 2 aliphatic rings. The predicted octanol–water partition coefficient (Wildman–Crippen LogP) is 2.25. The number of rotatable bonds is 5. The van der Waals surface area contributed by atoms with Gasteiger partial charge in [-0.2, -0.15) is 0 Å². The molecule has 0 aliphatic carbocycles. The molecule has 1 N–H and O–H groups in total. The van der Waals surface area contributed by atoms with Crippen molar-refractivity contribution in [2.24, 2.45) is 4.99 Å². The van der Waals surface area contributed by atoms with E-state index in [4.69, 9.17) is 0 Å². The van der Waals surface area contributed by atoms with Gasteiger partial charge in [-0.1, -0.05) is 25.6 Å². The van der Waals surface area contributed by atoms with Crippen LogP contribution >= 0.6 is 11.8 Å². The van der Waals surface area contributed by atoms with Gasteiger partial charge in [0.15, 0.2) is 5.17 Å². The van der Waals surface area contributed by atoms with Gasteiger partial charge in [0.1, 0.15) is 0 Å². The molecule has 2 rings (SSSR count). The lowest BCUT2D eigenvalue weighted by molar-refractivity contribution is -0.129. The molecule has 0 saturated carbocycles. The van der Waals surface area contributed by atoms with Crippen LogP contribution < -0.4 is 5.32 Å². The van der Waals surface area contributed by atoms with Crippen LogP contribution in [0.3, 0.4) is 0 Å². The molecule has 1 amide bonds. The predicted molar refractivity (Wildman–Crippen MR) is 81.6 cm³/mol. The van der Waals surface area contributed by atoms with Crippen LogP contribution in [0.4, 0.5) is 0 Å². The van der Waals surface area contributed by atoms with Crippen molar-refractivity contribution in [2.75, 3.05) is 25.4 Å². The van der Waals surface area contributed by atoms with E-state index in [0.29, 0.717) is 13.0 Å². The van der Waals surface area contributed by atoms with Gasteiger partial charge in [-0.25, -0.2) is 0 Å². The number of hydrogen-bond acceptors (Lipinski definition) is 3. The smallest absolute Gasteiger partial charge is 0.224 e. The molecule has 5 heteroatoms. The zero-order valence-corrected chi connectivity index (χ0v) is 12.9. The van der Waals surface area contributed by atoms with Crippen molar-refractivity contribution < 1.29 is 4.79 Å². The zero-order chi connectivity index (χ0) is 13.7. The first-order valence-electron chi connectivity index (χ1n) is 7.42. The third-order valence-corrected chi connectivity index (χ3v) is 5.45. The van der Waals surface area contributed by atoms with E-state index in [2.05, 4.69) is 24.2 Å². The molecule has 2 aliphatic heterocycles. The van der Waals surface area contributed by atoms with Crippen LogP contribution in [0.5, 0.6) is 0 Å². The molecule has 0 bridgehead atoms. The van der Waals surface area contributed by atoms with Gasteiger partial charge in [0.25, 0.3) is 0 Å². The lowest BCUT2D eigenvalue weighted by Crippen LogP contribution is -2.42. The average Bonchev–Trinajstić information content (AvgIpc) is 3.09. The Morgan fingerprint density at radius 2 is 2.05 bits per heavy atom. The molecular weight excluding hydrogens is 258 g/mol. The molecule has 108 valence electrons. The number of aliphatic imine (C=N–C) groups is 1. The van der Waals surface area contributed by atoms with Gasteiger partial charge in [0, 0.05) is 30.8 Å². The van der Waals surface area contributed by atoms with Gasteiger partial charge < -0.3 is 10.2 Å². The van der Waals surface area contributed by atoms with Crippen LogP contribution in [-0.2, 0) is 4.79 Å². The maximum absolute atomic E-state index is 11.9. The second kappa shape index (κ2) is 6.64. The van der Waals surface area contributed by atoms with Crippen molar-refractivity contribution >= 4 is 22.8 Å². The third-order valence-electron chi connectivity index (χ3n) is 4.25. The van der Waals surface area contributed by atoms with Crippen LogP contribution in [0.25, 0.3) is 0 Å². The standard InChI is InChI=1S/C14H25N3OS/c1-3-14(4-2)11-19-13(16-14)15-8-7-12(18)17-9-5-6-10-17/h3-11H2,1-2H3,(H,15,16). The van der Waals surface area contributed by atoms with Crippen LogP contribution in [-0.4, -0.2) is 46.9 Å². The summed E-state index contributed by atoms with van der Waals surface area (Å²) in [5.74, 6) is 1.36. The Morgan fingerprint density at radius 3 is 2.63 bits per heavy atom. The minimum absolute atomic E-state index is 0.225. The Balaban J connectivity index is 1.76. The Hall–Kier alpha value is -0.710. The minimum Gasteiger partial charge on any atom is -0.359 e. The molecule has 0 radical (unpaired) electrons. The summed E-state index contributed by atoms with van der Waals surface area (Å²) in [6.45, 7) is 6.94. The Bertz CT molecular complexity index is 347. The van der Waals surface area contributed by atoms with Crippen LogP contribution in [0.1, 0.15) is 46.0 Å².